The molecule has 0 radical (unpaired) electrons. The number of hydrazone groups is 1. The number of nitro groups is 1. The summed E-state index contributed by atoms with van der Waals surface area (Å²) in [6.45, 7) is 12.3. The van der Waals surface area contributed by atoms with E-state index < -0.39 is 0 Å². The Morgan fingerprint density at radius 2 is 1.74 bits per heavy atom. The first kappa shape index (κ1) is 23.2. The zero-order valence-corrected chi connectivity index (χ0v) is 20.7. The molecule has 0 aromatic carbocycles. The van der Waals surface area contributed by atoms with Crippen LogP contribution in [0, 0.1) is 62.4 Å². The molecule has 176 valence electrons. The average Bonchev–Trinajstić information content (AvgIpc) is 3.04. The molecule has 0 saturated heterocycles. The Morgan fingerprint density at radius 1 is 1.00 bits per heavy atom. The molecule has 8 atom stereocenters. The van der Waals surface area contributed by atoms with E-state index in [0.717, 1.165) is 29.9 Å². The van der Waals surface area contributed by atoms with Crippen molar-refractivity contribution in [3.8, 4) is 0 Å². The topological polar surface area (TPSA) is 55.5 Å². The highest BCUT2D eigenvalue weighted by Crippen LogP contribution is 2.67. The third-order valence-corrected chi connectivity index (χ3v) is 10.8. The lowest BCUT2D eigenvalue weighted by atomic mass is 9.44. The van der Waals surface area contributed by atoms with Crippen LogP contribution in [0.3, 0.4) is 0 Å². The number of hydrogen-bond donors (Lipinski definition) is 0. The van der Waals surface area contributed by atoms with Gasteiger partial charge in [-0.25, -0.2) is 10.1 Å². The first-order chi connectivity index (χ1) is 14.7. The van der Waals surface area contributed by atoms with Gasteiger partial charge in [-0.15, -0.1) is 0 Å². The van der Waals surface area contributed by atoms with E-state index in [1.165, 1.54) is 70.6 Å². The summed E-state index contributed by atoms with van der Waals surface area (Å²) in [7, 11) is 0. The van der Waals surface area contributed by atoms with Gasteiger partial charge >= 0.3 is 0 Å². The average molecular weight is 431 g/mol. The molecule has 4 fully saturated rings. The molecule has 0 amide bonds. The minimum atomic E-state index is -0.384. The molecule has 0 heterocycles. The predicted molar refractivity (Wildman–Crippen MR) is 127 cm³/mol. The molecule has 0 aromatic rings. The second-order valence-electron chi connectivity index (χ2n) is 12.8. The summed E-state index contributed by atoms with van der Waals surface area (Å²) < 4.78 is 0. The fraction of sp³-hybridized carbons (Fsp3) is 0.963. The third kappa shape index (κ3) is 4.10. The Hall–Kier alpha value is -0.930. The van der Waals surface area contributed by atoms with Gasteiger partial charge in [0, 0.05) is 5.92 Å². The van der Waals surface area contributed by atoms with Crippen LogP contribution in [0.25, 0.3) is 0 Å². The zero-order chi connectivity index (χ0) is 22.4. The Kier molecular flexibility index (Phi) is 6.58. The summed E-state index contributed by atoms with van der Waals surface area (Å²) in [6, 6.07) is 0. The fourth-order valence-corrected chi connectivity index (χ4v) is 9.22. The van der Waals surface area contributed by atoms with E-state index in [0.29, 0.717) is 34.5 Å². The van der Waals surface area contributed by atoms with Gasteiger partial charge in [0.1, 0.15) is 0 Å². The summed E-state index contributed by atoms with van der Waals surface area (Å²) in [5, 5.41) is 15.2. The maximum Gasteiger partial charge on any atom is 0.190 e. The molecule has 4 heteroatoms. The van der Waals surface area contributed by atoms with Crippen LogP contribution in [0.2, 0.25) is 0 Å². The van der Waals surface area contributed by atoms with E-state index in [2.05, 4.69) is 39.7 Å². The van der Waals surface area contributed by atoms with Crippen LogP contribution in [0.1, 0.15) is 112 Å². The predicted octanol–water partition coefficient (Wildman–Crippen LogP) is 7.74. The van der Waals surface area contributed by atoms with E-state index in [4.69, 9.17) is 0 Å². The van der Waals surface area contributed by atoms with Crippen LogP contribution < -0.4 is 0 Å². The molecule has 0 spiro atoms. The first-order valence-electron chi connectivity index (χ1n) is 13.4. The van der Waals surface area contributed by atoms with Crippen molar-refractivity contribution in [1.82, 2.24) is 0 Å². The van der Waals surface area contributed by atoms with E-state index in [1.807, 2.05) is 0 Å². The minimum Gasteiger partial charge on any atom is -0.233 e. The lowest BCUT2D eigenvalue weighted by Crippen LogP contribution is -2.56. The molecular formula is C27H46N2O2. The molecule has 4 saturated carbocycles. The summed E-state index contributed by atoms with van der Waals surface area (Å²) >= 11 is 0. The Labute approximate surface area is 190 Å². The minimum absolute atomic E-state index is 0.341. The van der Waals surface area contributed by atoms with Gasteiger partial charge in [0.2, 0.25) is 0 Å². The number of fused-ring (bicyclic) bond motifs is 5. The molecule has 0 N–H and O–H groups in total. The summed E-state index contributed by atoms with van der Waals surface area (Å²) in [6.07, 6.45) is 15.3. The summed E-state index contributed by atoms with van der Waals surface area (Å²) in [5.74, 6) is 4.51. The molecule has 4 aliphatic carbocycles. The van der Waals surface area contributed by atoms with Crippen molar-refractivity contribution in [3.05, 3.63) is 10.1 Å². The van der Waals surface area contributed by atoms with Gasteiger partial charge in [0.05, 0.1) is 10.8 Å². The lowest BCUT2D eigenvalue weighted by Gasteiger charge is -2.60. The summed E-state index contributed by atoms with van der Waals surface area (Å²) in [5.41, 5.74) is 1.69. The maximum absolute atomic E-state index is 11.5. The van der Waals surface area contributed by atoms with Crippen LogP contribution in [0.5, 0.6) is 0 Å². The Bertz CT molecular complexity index is 703. The SMILES string of the molecule is CC(C)CCC[C@@H](C)[C@@H]1CC[C@@H]2[C@@H]3/C(=N/[N+](=O)[O-])C[C@H]4CCCC[C@]4(C)[C@@H]3CC[C@@]21C. The molecule has 4 rings (SSSR count). The van der Waals surface area contributed by atoms with Gasteiger partial charge in [-0.2, -0.15) is 0 Å². The van der Waals surface area contributed by atoms with E-state index >= 15 is 0 Å². The molecule has 0 unspecified atom stereocenters. The zero-order valence-electron chi connectivity index (χ0n) is 20.7. The van der Waals surface area contributed by atoms with Crippen molar-refractivity contribution >= 4 is 5.71 Å². The number of hydrogen-bond acceptors (Lipinski definition) is 2. The van der Waals surface area contributed by atoms with Crippen molar-refractivity contribution in [3.63, 3.8) is 0 Å². The molecule has 4 aliphatic rings. The van der Waals surface area contributed by atoms with Crippen molar-refractivity contribution in [2.45, 2.75) is 112 Å². The highest BCUT2D eigenvalue weighted by Gasteiger charge is 2.62. The third-order valence-electron chi connectivity index (χ3n) is 10.8. The fourth-order valence-electron chi connectivity index (χ4n) is 9.22. The normalized spacial score (nSPS) is 44.6. The summed E-state index contributed by atoms with van der Waals surface area (Å²) in [4.78, 5) is 11.5. The van der Waals surface area contributed by atoms with E-state index in [-0.39, 0.29) is 5.03 Å². The van der Waals surface area contributed by atoms with Crippen LogP contribution in [0.4, 0.5) is 0 Å². The molecular weight excluding hydrogens is 384 g/mol. The van der Waals surface area contributed by atoms with Crippen molar-refractivity contribution < 1.29 is 5.03 Å². The molecule has 0 bridgehead atoms. The Balaban J connectivity index is 1.60. The van der Waals surface area contributed by atoms with Crippen LogP contribution in [-0.2, 0) is 0 Å². The van der Waals surface area contributed by atoms with Gasteiger partial charge in [0.25, 0.3) is 0 Å². The first-order valence-corrected chi connectivity index (χ1v) is 13.4. The number of nitrogens with zero attached hydrogens (tertiary/aromatic N) is 2. The van der Waals surface area contributed by atoms with Crippen LogP contribution in [0.15, 0.2) is 5.10 Å². The lowest BCUT2D eigenvalue weighted by molar-refractivity contribution is -0.485. The largest absolute Gasteiger partial charge is 0.233 e. The van der Waals surface area contributed by atoms with Crippen LogP contribution in [-0.4, -0.2) is 10.7 Å². The monoisotopic (exact) mass is 430 g/mol. The van der Waals surface area contributed by atoms with Crippen molar-refractivity contribution in [2.75, 3.05) is 0 Å². The molecule has 0 aliphatic heterocycles. The molecule has 31 heavy (non-hydrogen) atoms. The van der Waals surface area contributed by atoms with Gasteiger partial charge in [-0.05, 0) is 91.3 Å². The van der Waals surface area contributed by atoms with Crippen molar-refractivity contribution in [2.24, 2.45) is 57.4 Å². The second-order valence-corrected chi connectivity index (χ2v) is 12.8. The van der Waals surface area contributed by atoms with Gasteiger partial charge in [0.15, 0.2) is 5.03 Å². The van der Waals surface area contributed by atoms with E-state index in [1.54, 1.807) is 0 Å². The van der Waals surface area contributed by atoms with Gasteiger partial charge in [-0.3, -0.25) is 0 Å². The van der Waals surface area contributed by atoms with E-state index in [9.17, 15) is 10.1 Å². The highest BCUT2D eigenvalue weighted by atomic mass is 16.7. The maximum atomic E-state index is 11.5. The van der Waals surface area contributed by atoms with Gasteiger partial charge < -0.3 is 0 Å². The standard InChI is InChI=1S/C27H46N2O2/c1-18(2)9-8-10-19(3)21-12-13-22-25-23(14-16-27(21,22)5)26(4)15-7-6-11-20(26)17-24(25)28-29(30)31/h18-23,25H,6-17H2,1-5H3/b28-24+/t19-,20-,21+,22-,23-,25+,26+,27-/m1/s1. The Morgan fingerprint density at radius 3 is 2.45 bits per heavy atom. The smallest absolute Gasteiger partial charge is 0.190 e. The molecule has 4 nitrogen and oxygen atoms in total. The molecule has 0 aromatic heterocycles. The highest BCUT2D eigenvalue weighted by molar-refractivity contribution is 5.88. The van der Waals surface area contributed by atoms with Crippen LogP contribution >= 0.6 is 0 Å². The van der Waals surface area contributed by atoms with Crippen molar-refractivity contribution in [1.29, 1.82) is 0 Å². The quantitative estimate of drug-likeness (QED) is 0.319. The van der Waals surface area contributed by atoms with Gasteiger partial charge in [-0.1, -0.05) is 66.7 Å². The second kappa shape index (κ2) is 8.78. The number of rotatable bonds is 6.